The van der Waals surface area contributed by atoms with E-state index in [2.05, 4.69) is 21.6 Å². The molecule has 13 nitrogen and oxygen atoms in total. The van der Waals surface area contributed by atoms with E-state index in [9.17, 15) is 23.3 Å². The maximum atomic E-state index is 13.6. The molecule has 1 saturated heterocycles. The van der Waals surface area contributed by atoms with Crippen LogP contribution in [0.4, 0.5) is 0 Å². The SMILES string of the molecule is CCCOc1ccc(S(=O)(=O)N2CCN(CCCO[N+](=O)[O-])CC2)cc1-c1nc2c(CCC)cn(C)c2c(=O)[nH]1. The van der Waals surface area contributed by atoms with Gasteiger partial charge in [-0.3, -0.25) is 4.79 Å². The lowest BCUT2D eigenvalue weighted by molar-refractivity contribution is -0.757. The van der Waals surface area contributed by atoms with Crippen LogP contribution in [0.5, 0.6) is 5.75 Å². The average Bonchev–Trinajstić information content (AvgIpc) is 3.25. The Morgan fingerprint density at radius 3 is 2.55 bits per heavy atom. The zero-order valence-electron chi connectivity index (χ0n) is 23.1. The molecular weight excluding hydrogens is 540 g/mol. The first-order chi connectivity index (χ1) is 19.1. The number of hydrogen-bond donors (Lipinski definition) is 1. The third kappa shape index (κ3) is 6.45. The number of ether oxygens (including phenoxy) is 1. The maximum absolute atomic E-state index is 13.6. The Balaban J connectivity index is 1.62. The van der Waals surface area contributed by atoms with Crippen molar-refractivity contribution >= 4 is 21.1 Å². The molecule has 0 unspecified atom stereocenters. The van der Waals surface area contributed by atoms with Crippen molar-refractivity contribution in [3.05, 3.63) is 50.4 Å². The highest BCUT2D eigenvalue weighted by Crippen LogP contribution is 2.32. The minimum atomic E-state index is -3.84. The molecule has 0 amide bonds. The lowest BCUT2D eigenvalue weighted by Crippen LogP contribution is -2.48. The molecule has 0 atom stereocenters. The molecule has 3 heterocycles. The molecule has 4 rings (SSSR count). The van der Waals surface area contributed by atoms with Crippen LogP contribution in [-0.4, -0.2) is 83.2 Å². The van der Waals surface area contributed by atoms with Gasteiger partial charge in [0.25, 0.3) is 10.6 Å². The molecular formula is C26H36N6O7S. The smallest absolute Gasteiger partial charge is 0.294 e. The zero-order valence-corrected chi connectivity index (χ0v) is 23.9. The van der Waals surface area contributed by atoms with Gasteiger partial charge in [-0.05, 0) is 43.0 Å². The minimum absolute atomic E-state index is 0.00553. The van der Waals surface area contributed by atoms with E-state index in [1.807, 2.05) is 13.1 Å². The Morgan fingerprint density at radius 1 is 1.12 bits per heavy atom. The number of aryl methyl sites for hydroxylation is 2. The van der Waals surface area contributed by atoms with Gasteiger partial charge in [0.2, 0.25) is 10.0 Å². The Kier molecular flexibility index (Phi) is 9.43. The average molecular weight is 577 g/mol. The van der Waals surface area contributed by atoms with Gasteiger partial charge in [-0.25, -0.2) is 13.4 Å². The standard InChI is InChI=1S/C26H36N6O7S/c1-4-7-19-18-29(3)24-23(19)27-25(28-26(24)33)21-17-20(8-9-22(21)38-15-5-2)40(36,37)31-13-11-30(12-14-31)10-6-16-39-32(34)35/h8-9,17-18H,4-7,10-16H2,1-3H3,(H,27,28,33). The van der Waals surface area contributed by atoms with Crippen molar-refractivity contribution in [1.29, 1.82) is 0 Å². The lowest BCUT2D eigenvalue weighted by atomic mass is 10.1. The molecule has 1 aliphatic rings. The Hall–Kier alpha value is -3.49. The topological polar surface area (TPSA) is 153 Å². The second kappa shape index (κ2) is 12.8. The fourth-order valence-corrected chi connectivity index (χ4v) is 6.37. The van der Waals surface area contributed by atoms with Gasteiger partial charge in [-0.15, -0.1) is 10.1 Å². The summed E-state index contributed by atoms with van der Waals surface area (Å²) in [6.07, 6.45) is 4.79. The van der Waals surface area contributed by atoms with E-state index < -0.39 is 15.1 Å². The van der Waals surface area contributed by atoms with Crippen LogP contribution in [0, 0.1) is 10.1 Å². The van der Waals surface area contributed by atoms with Crippen molar-refractivity contribution in [3.8, 4) is 17.1 Å². The molecule has 0 aliphatic carbocycles. The molecule has 0 saturated carbocycles. The number of sulfonamides is 1. The number of H-pyrrole nitrogens is 1. The first kappa shape index (κ1) is 29.5. The summed E-state index contributed by atoms with van der Waals surface area (Å²) in [6, 6.07) is 4.66. The predicted molar refractivity (Wildman–Crippen MR) is 149 cm³/mol. The van der Waals surface area contributed by atoms with E-state index in [0.29, 0.717) is 55.0 Å². The monoisotopic (exact) mass is 576 g/mol. The summed E-state index contributed by atoms with van der Waals surface area (Å²) >= 11 is 0. The summed E-state index contributed by atoms with van der Waals surface area (Å²) in [6.45, 7) is 6.61. The molecule has 0 spiro atoms. The summed E-state index contributed by atoms with van der Waals surface area (Å²) in [7, 11) is -2.03. The largest absolute Gasteiger partial charge is 0.493 e. The molecule has 1 aliphatic heterocycles. The number of piperazine rings is 1. The van der Waals surface area contributed by atoms with Crippen LogP contribution < -0.4 is 10.3 Å². The molecule has 1 N–H and O–H groups in total. The highest BCUT2D eigenvalue weighted by atomic mass is 32.2. The van der Waals surface area contributed by atoms with Gasteiger partial charge < -0.3 is 24.0 Å². The zero-order chi connectivity index (χ0) is 28.9. The normalized spacial score (nSPS) is 15.0. The van der Waals surface area contributed by atoms with Gasteiger partial charge in [0.05, 0.1) is 29.2 Å². The number of benzene rings is 1. The van der Waals surface area contributed by atoms with Crippen LogP contribution in [-0.2, 0) is 28.3 Å². The van der Waals surface area contributed by atoms with Crippen LogP contribution in [0.25, 0.3) is 22.4 Å². The highest BCUT2D eigenvalue weighted by Gasteiger charge is 2.29. The van der Waals surface area contributed by atoms with Crippen molar-refractivity contribution in [2.24, 2.45) is 7.05 Å². The summed E-state index contributed by atoms with van der Waals surface area (Å²) in [5.74, 6) is 0.698. The van der Waals surface area contributed by atoms with Gasteiger partial charge >= 0.3 is 0 Å². The molecule has 0 bridgehead atoms. The summed E-state index contributed by atoms with van der Waals surface area (Å²) < 4.78 is 36.4. The molecule has 1 aromatic carbocycles. The lowest BCUT2D eigenvalue weighted by Gasteiger charge is -2.34. The predicted octanol–water partition coefficient (Wildman–Crippen LogP) is 2.57. The molecule has 2 aromatic heterocycles. The number of aromatic nitrogens is 3. The van der Waals surface area contributed by atoms with Gasteiger partial charge in [0, 0.05) is 46.0 Å². The number of nitrogens with one attached hydrogen (secondary N) is 1. The third-order valence-electron chi connectivity index (χ3n) is 6.87. The van der Waals surface area contributed by atoms with Gasteiger partial charge in [-0.2, -0.15) is 4.31 Å². The van der Waals surface area contributed by atoms with E-state index >= 15 is 0 Å². The van der Waals surface area contributed by atoms with Gasteiger partial charge in [-0.1, -0.05) is 20.3 Å². The first-order valence-electron chi connectivity index (χ1n) is 13.5. The maximum Gasteiger partial charge on any atom is 0.294 e. The van der Waals surface area contributed by atoms with Crippen molar-refractivity contribution < 1.29 is 23.1 Å². The van der Waals surface area contributed by atoms with Gasteiger partial charge in [0.1, 0.15) is 17.1 Å². The quantitative estimate of drug-likeness (QED) is 0.184. The van der Waals surface area contributed by atoms with Crippen LogP contribution in [0.15, 0.2) is 34.1 Å². The number of fused-ring (bicyclic) bond motifs is 1. The first-order valence-corrected chi connectivity index (χ1v) is 14.9. The van der Waals surface area contributed by atoms with Crippen LogP contribution in [0.2, 0.25) is 0 Å². The van der Waals surface area contributed by atoms with E-state index in [1.165, 1.54) is 16.4 Å². The number of nitrogens with zero attached hydrogens (tertiary/aromatic N) is 5. The second-order valence-electron chi connectivity index (χ2n) is 9.79. The van der Waals surface area contributed by atoms with Gasteiger partial charge in [0.15, 0.2) is 0 Å². The molecule has 218 valence electrons. The fourth-order valence-electron chi connectivity index (χ4n) is 4.92. The highest BCUT2D eigenvalue weighted by molar-refractivity contribution is 7.89. The Labute approximate surface area is 232 Å². The molecule has 40 heavy (non-hydrogen) atoms. The van der Waals surface area contributed by atoms with E-state index in [4.69, 9.17) is 9.72 Å². The number of hydrogen-bond acceptors (Lipinski definition) is 9. The Bertz CT molecular complexity index is 1510. The van der Waals surface area contributed by atoms with Crippen molar-refractivity contribution in [3.63, 3.8) is 0 Å². The fraction of sp³-hybridized carbons (Fsp3) is 0.538. The molecule has 0 radical (unpaired) electrons. The van der Waals surface area contributed by atoms with Crippen molar-refractivity contribution in [2.75, 3.05) is 45.9 Å². The van der Waals surface area contributed by atoms with E-state index in [1.54, 1.807) is 17.7 Å². The third-order valence-corrected chi connectivity index (χ3v) is 8.77. The Morgan fingerprint density at radius 2 is 1.88 bits per heavy atom. The van der Waals surface area contributed by atoms with Crippen LogP contribution >= 0.6 is 0 Å². The van der Waals surface area contributed by atoms with Crippen LogP contribution in [0.1, 0.15) is 38.7 Å². The van der Waals surface area contributed by atoms with Crippen molar-refractivity contribution in [1.82, 2.24) is 23.7 Å². The molecule has 1 fully saturated rings. The summed E-state index contributed by atoms with van der Waals surface area (Å²) in [5.41, 5.74) is 2.12. The van der Waals surface area contributed by atoms with Crippen molar-refractivity contribution in [2.45, 2.75) is 44.4 Å². The van der Waals surface area contributed by atoms with E-state index in [-0.39, 0.29) is 36.0 Å². The summed E-state index contributed by atoms with van der Waals surface area (Å²) in [5, 5.41) is 9.49. The molecule has 3 aromatic rings. The minimum Gasteiger partial charge on any atom is -0.493 e. The van der Waals surface area contributed by atoms with Crippen LogP contribution in [0.3, 0.4) is 0 Å². The van der Waals surface area contributed by atoms with E-state index in [0.717, 1.165) is 24.8 Å². The second-order valence-corrected chi connectivity index (χ2v) is 11.7. The number of rotatable bonds is 13. The molecule has 14 heteroatoms. The number of aromatic amines is 1. The summed E-state index contributed by atoms with van der Waals surface area (Å²) in [4.78, 5) is 37.5.